The van der Waals surface area contributed by atoms with Crippen LogP contribution in [0, 0.1) is 13.8 Å². The molecular weight excluding hydrogens is 424 g/mol. The van der Waals surface area contributed by atoms with Crippen molar-refractivity contribution < 1.29 is 9.53 Å². The number of hydrogen-bond acceptors (Lipinski definition) is 4. The average Bonchev–Trinajstić information content (AvgIpc) is 3.23. The van der Waals surface area contributed by atoms with E-state index in [-0.39, 0.29) is 11.7 Å². The van der Waals surface area contributed by atoms with Crippen molar-refractivity contribution in [1.82, 2.24) is 14.8 Å². The van der Waals surface area contributed by atoms with Crippen molar-refractivity contribution in [1.29, 1.82) is 0 Å². The van der Waals surface area contributed by atoms with E-state index in [1.165, 1.54) is 0 Å². The number of ether oxygens (including phenoxy) is 1. The third kappa shape index (κ3) is 4.65. The van der Waals surface area contributed by atoms with Crippen LogP contribution >= 0.6 is 11.6 Å². The summed E-state index contributed by atoms with van der Waals surface area (Å²) in [5.74, 6) is 0.956. The van der Waals surface area contributed by atoms with Crippen LogP contribution in [-0.4, -0.2) is 27.3 Å². The van der Waals surface area contributed by atoms with Crippen LogP contribution in [0.4, 0.5) is 5.69 Å². The zero-order valence-corrected chi connectivity index (χ0v) is 18.8. The highest BCUT2D eigenvalue weighted by Crippen LogP contribution is 2.26. The van der Waals surface area contributed by atoms with Crippen molar-refractivity contribution in [3.8, 4) is 22.8 Å². The van der Waals surface area contributed by atoms with Crippen molar-refractivity contribution in [2.75, 3.05) is 11.9 Å². The first-order valence-corrected chi connectivity index (χ1v) is 10.7. The topological polar surface area (TPSA) is 69.0 Å². The van der Waals surface area contributed by atoms with Crippen LogP contribution in [0.15, 0.2) is 66.7 Å². The Labute approximate surface area is 191 Å². The molecule has 0 saturated heterocycles. The van der Waals surface area contributed by atoms with Crippen LogP contribution in [0.5, 0.6) is 5.75 Å². The zero-order chi connectivity index (χ0) is 22.7. The van der Waals surface area contributed by atoms with Gasteiger partial charge >= 0.3 is 0 Å². The van der Waals surface area contributed by atoms with E-state index in [2.05, 4.69) is 15.4 Å². The molecule has 6 nitrogen and oxygen atoms in total. The lowest BCUT2D eigenvalue weighted by molar-refractivity contribution is 0.101. The van der Waals surface area contributed by atoms with E-state index in [4.69, 9.17) is 16.3 Å². The Morgan fingerprint density at radius 3 is 2.56 bits per heavy atom. The first kappa shape index (κ1) is 21.6. The molecule has 1 aromatic heterocycles. The van der Waals surface area contributed by atoms with E-state index in [0.29, 0.717) is 17.5 Å². The fourth-order valence-corrected chi connectivity index (χ4v) is 3.49. The maximum absolute atomic E-state index is 13.0. The maximum Gasteiger partial charge on any atom is 0.295 e. The second-order valence-electron chi connectivity index (χ2n) is 7.38. The summed E-state index contributed by atoms with van der Waals surface area (Å²) in [5, 5.41) is 8.02. The molecule has 0 saturated carbocycles. The van der Waals surface area contributed by atoms with Crippen molar-refractivity contribution >= 4 is 23.2 Å². The van der Waals surface area contributed by atoms with Gasteiger partial charge < -0.3 is 10.1 Å². The Balaban J connectivity index is 1.75. The number of carbonyl (C=O) groups excluding carboxylic acids is 1. The molecule has 162 valence electrons. The quantitative estimate of drug-likeness (QED) is 0.403. The van der Waals surface area contributed by atoms with Gasteiger partial charge in [0.2, 0.25) is 5.82 Å². The largest absolute Gasteiger partial charge is 0.494 e. The van der Waals surface area contributed by atoms with Crippen LogP contribution in [-0.2, 0) is 0 Å². The SMILES string of the molecule is CCOc1ccc(-n2nc(C(=O)Nc3cc(C)ccc3C)nc2-c2cccc(Cl)c2)cc1. The first-order valence-electron chi connectivity index (χ1n) is 10.3. The lowest BCUT2D eigenvalue weighted by Crippen LogP contribution is -2.15. The molecule has 4 aromatic rings. The Morgan fingerprint density at radius 1 is 1.06 bits per heavy atom. The summed E-state index contributed by atoms with van der Waals surface area (Å²) in [4.78, 5) is 17.6. The van der Waals surface area contributed by atoms with Crippen LogP contribution < -0.4 is 10.1 Å². The first-order chi connectivity index (χ1) is 15.4. The van der Waals surface area contributed by atoms with Gasteiger partial charge in [0, 0.05) is 16.3 Å². The van der Waals surface area contributed by atoms with Crippen LogP contribution in [0.1, 0.15) is 28.7 Å². The molecule has 7 heteroatoms. The van der Waals surface area contributed by atoms with Gasteiger partial charge in [-0.15, -0.1) is 5.10 Å². The predicted octanol–water partition coefficient (Wildman–Crippen LogP) is 5.86. The number of carbonyl (C=O) groups is 1. The lowest BCUT2D eigenvalue weighted by atomic mass is 10.1. The Bertz CT molecular complexity index is 1270. The van der Waals surface area contributed by atoms with E-state index in [1.54, 1.807) is 16.8 Å². The molecule has 0 aliphatic carbocycles. The second kappa shape index (κ2) is 9.24. The van der Waals surface area contributed by atoms with Gasteiger partial charge in [-0.2, -0.15) is 0 Å². The van der Waals surface area contributed by atoms with Gasteiger partial charge in [-0.3, -0.25) is 4.79 Å². The minimum atomic E-state index is -0.383. The predicted molar refractivity (Wildman–Crippen MR) is 127 cm³/mol. The average molecular weight is 447 g/mol. The molecule has 32 heavy (non-hydrogen) atoms. The van der Waals surface area contributed by atoms with Crippen molar-refractivity contribution in [2.24, 2.45) is 0 Å². The van der Waals surface area contributed by atoms with E-state index in [0.717, 1.165) is 33.8 Å². The Kier molecular flexibility index (Phi) is 6.23. The van der Waals surface area contributed by atoms with Crippen molar-refractivity contribution in [3.63, 3.8) is 0 Å². The summed E-state index contributed by atoms with van der Waals surface area (Å²) < 4.78 is 7.17. The monoisotopic (exact) mass is 446 g/mol. The fraction of sp³-hybridized carbons (Fsp3) is 0.160. The summed E-state index contributed by atoms with van der Waals surface area (Å²) in [6, 6.07) is 20.7. The molecule has 0 aliphatic heterocycles. The van der Waals surface area contributed by atoms with Gasteiger partial charge in [-0.05, 0) is 74.4 Å². The summed E-state index contributed by atoms with van der Waals surface area (Å²) in [7, 11) is 0. The highest BCUT2D eigenvalue weighted by Gasteiger charge is 2.20. The molecule has 1 amide bonds. The molecule has 1 heterocycles. The van der Waals surface area contributed by atoms with Gasteiger partial charge in [0.05, 0.1) is 12.3 Å². The molecule has 0 unspecified atom stereocenters. The number of halogens is 1. The fourth-order valence-electron chi connectivity index (χ4n) is 3.30. The summed E-state index contributed by atoms with van der Waals surface area (Å²) in [6.45, 7) is 6.44. The minimum absolute atomic E-state index is 0.0646. The smallest absolute Gasteiger partial charge is 0.295 e. The summed E-state index contributed by atoms with van der Waals surface area (Å²) in [6.07, 6.45) is 0. The van der Waals surface area contributed by atoms with Gasteiger partial charge in [-0.1, -0.05) is 35.9 Å². The van der Waals surface area contributed by atoms with Gasteiger partial charge in [0.1, 0.15) is 5.75 Å². The number of aromatic nitrogens is 3. The minimum Gasteiger partial charge on any atom is -0.494 e. The number of anilines is 1. The van der Waals surface area contributed by atoms with Crippen molar-refractivity contribution in [3.05, 3.63) is 88.7 Å². The van der Waals surface area contributed by atoms with E-state index in [1.807, 2.05) is 75.4 Å². The molecule has 0 fully saturated rings. The number of nitrogens with one attached hydrogen (secondary N) is 1. The Morgan fingerprint density at radius 2 is 1.84 bits per heavy atom. The molecule has 1 N–H and O–H groups in total. The molecule has 0 aliphatic rings. The number of amides is 1. The van der Waals surface area contributed by atoms with Crippen LogP contribution in [0.25, 0.3) is 17.1 Å². The number of benzene rings is 3. The van der Waals surface area contributed by atoms with Gasteiger partial charge in [0.15, 0.2) is 5.82 Å². The van der Waals surface area contributed by atoms with Crippen LogP contribution in [0.3, 0.4) is 0 Å². The number of aryl methyl sites for hydroxylation is 2. The molecule has 0 radical (unpaired) electrons. The third-order valence-electron chi connectivity index (χ3n) is 4.93. The Hall–Kier alpha value is -3.64. The molecule has 0 atom stereocenters. The molecular formula is C25H23ClN4O2. The van der Waals surface area contributed by atoms with Gasteiger partial charge in [-0.25, -0.2) is 9.67 Å². The van der Waals surface area contributed by atoms with Crippen LogP contribution in [0.2, 0.25) is 5.02 Å². The molecule has 3 aromatic carbocycles. The highest BCUT2D eigenvalue weighted by molar-refractivity contribution is 6.30. The highest BCUT2D eigenvalue weighted by atomic mass is 35.5. The van der Waals surface area contributed by atoms with E-state index >= 15 is 0 Å². The number of nitrogens with zero attached hydrogens (tertiary/aromatic N) is 3. The summed E-state index contributed by atoms with van der Waals surface area (Å²) in [5.41, 5.74) is 4.26. The third-order valence-corrected chi connectivity index (χ3v) is 5.16. The molecule has 0 bridgehead atoms. The lowest BCUT2D eigenvalue weighted by Gasteiger charge is -2.08. The molecule has 0 spiro atoms. The van der Waals surface area contributed by atoms with E-state index in [9.17, 15) is 4.79 Å². The summed E-state index contributed by atoms with van der Waals surface area (Å²) >= 11 is 6.20. The normalized spacial score (nSPS) is 10.8. The van der Waals surface area contributed by atoms with E-state index < -0.39 is 0 Å². The standard InChI is InChI=1S/C25H23ClN4O2/c1-4-32-21-12-10-20(11-13-21)30-24(18-6-5-7-19(26)15-18)28-23(29-30)25(31)27-22-14-16(2)8-9-17(22)3/h5-15H,4H2,1-3H3,(H,27,31). The maximum atomic E-state index is 13.0. The molecule has 4 rings (SSSR count). The van der Waals surface area contributed by atoms with Crippen molar-refractivity contribution in [2.45, 2.75) is 20.8 Å². The second-order valence-corrected chi connectivity index (χ2v) is 7.82. The zero-order valence-electron chi connectivity index (χ0n) is 18.1. The van der Waals surface area contributed by atoms with Gasteiger partial charge in [0.25, 0.3) is 5.91 Å². The number of rotatable bonds is 6. The number of hydrogen-bond donors (Lipinski definition) is 1.